The molecular weight excluding hydrogens is 262 g/mol. The summed E-state index contributed by atoms with van der Waals surface area (Å²) < 4.78 is 5.21. The Kier molecular flexibility index (Phi) is 3.78. The van der Waals surface area contributed by atoms with Crippen LogP contribution in [0.25, 0.3) is 12.2 Å². The zero-order valence-corrected chi connectivity index (χ0v) is 11.4. The van der Waals surface area contributed by atoms with Gasteiger partial charge in [0.05, 0.1) is 0 Å². The van der Waals surface area contributed by atoms with Crippen LogP contribution in [0.4, 0.5) is 5.69 Å². The molecule has 4 heteroatoms. The van der Waals surface area contributed by atoms with Gasteiger partial charge in [0.1, 0.15) is 0 Å². The fourth-order valence-corrected chi connectivity index (χ4v) is 2.02. The number of anilines is 1. The van der Waals surface area contributed by atoms with Crippen molar-refractivity contribution in [2.75, 3.05) is 5.73 Å². The number of benzene rings is 2. The van der Waals surface area contributed by atoms with Gasteiger partial charge < -0.3 is 10.3 Å². The lowest BCUT2D eigenvalue weighted by molar-refractivity contribution is 0.404. The largest absolute Gasteiger partial charge is 0.399 e. The molecule has 0 bridgehead atoms. The predicted molar refractivity (Wildman–Crippen MR) is 83.3 cm³/mol. The zero-order valence-electron chi connectivity index (χ0n) is 11.4. The zero-order chi connectivity index (χ0) is 14.5. The Morgan fingerprint density at radius 2 is 1.86 bits per heavy atom. The van der Waals surface area contributed by atoms with Crippen LogP contribution in [0.15, 0.2) is 59.1 Å². The molecule has 0 fully saturated rings. The van der Waals surface area contributed by atoms with Crippen LogP contribution in [0.1, 0.15) is 22.8 Å². The minimum atomic E-state index is 0.489. The van der Waals surface area contributed by atoms with Gasteiger partial charge in [-0.1, -0.05) is 47.6 Å². The maximum absolute atomic E-state index is 5.73. The molecule has 0 radical (unpaired) electrons. The molecule has 0 amide bonds. The van der Waals surface area contributed by atoms with E-state index in [0.29, 0.717) is 18.1 Å². The second-order valence-electron chi connectivity index (χ2n) is 4.71. The number of nitrogens with two attached hydrogens (primary N) is 1. The van der Waals surface area contributed by atoms with E-state index in [1.54, 1.807) is 6.08 Å². The number of hydrogen-bond acceptors (Lipinski definition) is 4. The lowest BCUT2D eigenvalue weighted by atomic mass is 10.1. The van der Waals surface area contributed by atoms with Crippen LogP contribution in [0.2, 0.25) is 0 Å². The molecule has 2 N–H and O–H groups in total. The summed E-state index contributed by atoms with van der Waals surface area (Å²) in [6.07, 6.45) is 4.35. The first-order chi connectivity index (χ1) is 10.3. The lowest BCUT2D eigenvalue weighted by Gasteiger charge is -1.94. The van der Waals surface area contributed by atoms with Gasteiger partial charge in [0.25, 0.3) is 5.89 Å². The molecular formula is C17H15N3O. The number of aromatic nitrogens is 2. The summed E-state index contributed by atoms with van der Waals surface area (Å²) >= 11 is 0. The maximum atomic E-state index is 5.73. The van der Waals surface area contributed by atoms with Crippen molar-refractivity contribution in [3.63, 3.8) is 0 Å². The first-order valence-electron chi connectivity index (χ1n) is 6.70. The number of nitrogens with zero attached hydrogens (tertiary/aromatic N) is 2. The Morgan fingerprint density at radius 3 is 2.67 bits per heavy atom. The second kappa shape index (κ2) is 6.05. The van der Waals surface area contributed by atoms with Crippen molar-refractivity contribution >= 4 is 17.8 Å². The third-order valence-corrected chi connectivity index (χ3v) is 3.02. The van der Waals surface area contributed by atoms with Crippen molar-refractivity contribution in [2.45, 2.75) is 6.42 Å². The Balaban J connectivity index is 1.70. The Bertz CT molecular complexity index is 747. The molecule has 1 heterocycles. The van der Waals surface area contributed by atoms with E-state index in [4.69, 9.17) is 10.3 Å². The number of rotatable bonds is 4. The summed E-state index contributed by atoms with van der Waals surface area (Å²) in [6.45, 7) is 0. The van der Waals surface area contributed by atoms with Crippen molar-refractivity contribution in [3.8, 4) is 0 Å². The fourth-order valence-electron chi connectivity index (χ4n) is 2.02. The average molecular weight is 277 g/mol. The highest BCUT2D eigenvalue weighted by atomic mass is 16.5. The van der Waals surface area contributed by atoms with Crippen molar-refractivity contribution < 1.29 is 4.52 Å². The van der Waals surface area contributed by atoms with Gasteiger partial charge in [-0.05, 0) is 29.3 Å². The molecule has 2 aromatic carbocycles. The number of nitrogen functional groups attached to an aromatic ring is 1. The molecule has 4 nitrogen and oxygen atoms in total. The summed E-state index contributed by atoms with van der Waals surface area (Å²) in [6, 6.07) is 17.7. The van der Waals surface area contributed by atoms with Crippen LogP contribution in [-0.4, -0.2) is 10.1 Å². The lowest BCUT2D eigenvalue weighted by Crippen LogP contribution is -1.89. The first-order valence-corrected chi connectivity index (χ1v) is 6.70. The van der Waals surface area contributed by atoms with Crippen molar-refractivity contribution in [1.29, 1.82) is 0 Å². The van der Waals surface area contributed by atoms with Gasteiger partial charge in [-0.15, -0.1) is 0 Å². The summed E-state index contributed by atoms with van der Waals surface area (Å²) in [5.74, 6) is 1.16. The Labute approximate surface area is 122 Å². The van der Waals surface area contributed by atoms with Gasteiger partial charge in [-0.2, -0.15) is 4.98 Å². The van der Waals surface area contributed by atoms with Gasteiger partial charge in [0.15, 0.2) is 5.82 Å². The van der Waals surface area contributed by atoms with E-state index in [0.717, 1.165) is 16.8 Å². The van der Waals surface area contributed by atoms with Gasteiger partial charge >= 0.3 is 0 Å². The van der Waals surface area contributed by atoms with E-state index in [1.165, 1.54) is 0 Å². The second-order valence-corrected chi connectivity index (χ2v) is 4.71. The number of hydrogen-bond donors (Lipinski definition) is 1. The van der Waals surface area contributed by atoms with E-state index >= 15 is 0 Å². The minimum Gasteiger partial charge on any atom is -0.399 e. The Morgan fingerprint density at radius 1 is 1.00 bits per heavy atom. The van der Waals surface area contributed by atoms with E-state index in [-0.39, 0.29) is 0 Å². The quantitative estimate of drug-likeness (QED) is 0.742. The van der Waals surface area contributed by atoms with Gasteiger partial charge in [-0.3, -0.25) is 0 Å². The van der Waals surface area contributed by atoms with E-state index in [2.05, 4.69) is 10.1 Å². The summed E-state index contributed by atoms with van der Waals surface area (Å²) in [5.41, 5.74) is 8.62. The fraction of sp³-hybridized carbons (Fsp3) is 0.0588. The van der Waals surface area contributed by atoms with Crippen LogP contribution < -0.4 is 5.73 Å². The SMILES string of the molecule is Nc1cccc(/C=C/c2nc(Cc3ccccc3)no2)c1. The molecule has 1 aromatic heterocycles. The third kappa shape index (κ3) is 3.57. The van der Waals surface area contributed by atoms with Crippen LogP contribution in [0, 0.1) is 0 Å². The van der Waals surface area contributed by atoms with Crippen LogP contribution in [0.3, 0.4) is 0 Å². The van der Waals surface area contributed by atoms with Crippen LogP contribution >= 0.6 is 0 Å². The van der Waals surface area contributed by atoms with E-state index in [9.17, 15) is 0 Å². The molecule has 0 saturated carbocycles. The summed E-state index contributed by atoms with van der Waals surface area (Å²) in [5, 5.41) is 3.98. The van der Waals surface area contributed by atoms with Crippen molar-refractivity contribution in [1.82, 2.24) is 10.1 Å². The molecule has 0 aliphatic rings. The van der Waals surface area contributed by atoms with Crippen LogP contribution in [0.5, 0.6) is 0 Å². The molecule has 0 unspecified atom stereocenters. The predicted octanol–water partition coefficient (Wildman–Crippen LogP) is 3.41. The molecule has 0 spiro atoms. The van der Waals surface area contributed by atoms with Crippen LogP contribution in [-0.2, 0) is 6.42 Å². The molecule has 3 rings (SSSR count). The molecule has 0 atom stereocenters. The summed E-state index contributed by atoms with van der Waals surface area (Å²) in [4.78, 5) is 4.35. The molecule has 0 saturated heterocycles. The third-order valence-electron chi connectivity index (χ3n) is 3.02. The molecule has 3 aromatic rings. The smallest absolute Gasteiger partial charge is 0.250 e. The normalized spacial score (nSPS) is 11.0. The molecule has 104 valence electrons. The highest BCUT2D eigenvalue weighted by molar-refractivity contribution is 5.67. The topological polar surface area (TPSA) is 64.9 Å². The molecule has 21 heavy (non-hydrogen) atoms. The van der Waals surface area contributed by atoms with Gasteiger partial charge in [0, 0.05) is 18.2 Å². The van der Waals surface area contributed by atoms with Crippen molar-refractivity contribution in [3.05, 3.63) is 77.4 Å². The highest BCUT2D eigenvalue weighted by Gasteiger charge is 2.04. The van der Waals surface area contributed by atoms with E-state index < -0.39 is 0 Å². The Hall–Kier alpha value is -2.88. The molecule has 0 aliphatic carbocycles. The van der Waals surface area contributed by atoms with Gasteiger partial charge in [-0.25, -0.2) is 0 Å². The first kappa shape index (κ1) is 13.1. The average Bonchev–Trinajstić information content (AvgIpc) is 2.94. The monoisotopic (exact) mass is 277 g/mol. The minimum absolute atomic E-state index is 0.489. The summed E-state index contributed by atoms with van der Waals surface area (Å²) in [7, 11) is 0. The maximum Gasteiger partial charge on any atom is 0.250 e. The standard InChI is InChI=1S/C17H15N3O/c18-15-8-4-7-14(11-15)9-10-17-19-16(20-21-17)12-13-5-2-1-3-6-13/h1-11H,12,18H2/b10-9+. The molecule has 0 aliphatic heterocycles. The van der Waals surface area contributed by atoms with Gasteiger partial charge in [0.2, 0.25) is 0 Å². The van der Waals surface area contributed by atoms with E-state index in [1.807, 2.05) is 60.7 Å². The van der Waals surface area contributed by atoms with Crippen molar-refractivity contribution in [2.24, 2.45) is 0 Å². The highest BCUT2D eigenvalue weighted by Crippen LogP contribution is 2.11.